The van der Waals surface area contributed by atoms with Gasteiger partial charge < -0.3 is 19.4 Å². The molecule has 2 aliphatic rings. The molecule has 1 aromatic heterocycles. The van der Waals surface area contributed by atoms with Crippen LogP contribution in [0.15, 0.2) is 54.6 Å². The molecule has 3 aromatic rings. The molecule has 1 saturated heterocycles. The van der Waals surface area contributed by atoms with Gasteiger partial charge in [-0.1, -0.05) is 30.3 Å². The third-order valence-corrected chi connectivity index (χ3v) is 6.27. The third-order valence-electron chi connectivity index (χ3n) is 6.27. The van der Waals surface area contributed by atoms with Crippen molar-refractivity contribution in [1.82, 2.24) is 14.8 Å². The zero-order chi connectivity index (χ0) is 23.3. The van der Waals surface area contributed by atoms with Crippen LogP contribution >= 0.6 is 0 Å². The summed E-state index contributed by atoms with van der Waals surface area (Å²) in [5, 5.41) is 2.74. The van der Waals surface area contributed by atoms with Crippen LogP contribution < -0.4 is 14.8 Å². The van der Waals surface area contributed by atoms with Crippen molar-refractivity contribution < 1.29 is 23.9 Å². The summed E-state index contributed by atoms with van der Waals surface area (Å²) in [4.78, 5) is 40.0. The highest BCUT2D eigenvalue weighted by atomic mass is 16.7. The van der Waals surface area contributed by atoms with Crippen LogP contribution in [0, 0.1) is 13.8 Å². The quantitative estimate of drug-likeness (QED) is 0.480. The molecule has 8 heteroatoms. The van der Waals surface area contributed by atoms with E-state index in [1.54, 1.807) is 37.3 Å². The highest BCUT2D eigenvalue weighted by molar-refractivity contribution is 6.11. The van der Waals surface area contributed by atoms with Crippen molar-refractivity contribution in [2.45, 2.75) is 26.3 Å². The number of fused-ring (bicyclic) bond motifs is 1. The Balaban J connectivity index is 1.41. The van der Waals surface area contributed by atoms with Gasteiger partial charge in [0.1, 0.15) is 5.54 Å². The van der Waals surface area contributed by atoms with Crippen LogP contribution in [0.4, 0.5) is 4.79 Å². The number of amides is 3. The van der Waals surface area contributed by atoms with E-state index in [1.807, 2.05) is 42.7 Å². The molecule has 0 aliphatic carbocycles. The summed E-state index contributed by atoms with van der Waals surface area (Å²) in [6.07, 6.45) is 0. The molecule has 1 N–H and O–H groups in total. The Labute approximate surface area is 190 Å². The molecule has 33 heavy (non-hydrogen) atoms. The molecule has 3 amide bonds. The molecule has 0 spiro atoms. The molecule has 1 fully saturated rings. The van der Waals surface area contributed by atoms with Crippen molar-refractivity contribution in [3.05, 3.63) is 77.1 Å². The highest BCUT2D eigenvalue weighted by Crippen LogP contribution is 2.35. The average Bonchev–Trinajstić information content (AvgIpc) is 3.45. The molecule has 1 unspecified atom stereocenters. The summed E-state index contributed by atoms with van der Waals surface area (Å²) in [5.41, 5.74) is 2.32. The van der Waals surface area contributed by atoms with Gasteiger partial charge in [0.2, 0.25) is 6.79 Å². The number of Topliss-reactive ketones (excluding diaryl/α,β-unsaturated/α-hetero) is 1. The van der Waals surface area contributed by atoms with E-state index in [2.05, 4.69) is 5.32 Å². The Hall–Kier alpha value is -4.07. The van der Waals surface area contributed by atoms with E-state index >= 15 is 0 Å². The van der Waals surface area contributed by atoms with Gasteiger partial charge in [-0.2, -0.15) is 0 Å². The number of nitrogens with zero attached hydrogens (tertiary/aromatic N) is 2. The van der Waals surface area contributed by atoms with E-state index in [1.165, 1.54) is 0 Å². The van der Waals surface area contributed by atoms with Crippen LogP contribution in [0.1, 0.15) is 34.2 Å². The highest BCUT2D eigenvalue weighted by Gasteiger charge is 2.49. The van der Waals surface area contributed by atoms with Crippen LogP contribution in [0.25, 0.3) is 5.69 Å². The number of rotatable bonds is 5. The van der Waals surface area contributed by atoms with Crippen molar-refractivity contribution in [3.63, 3.8) is 0 Å². The van der Waals surface area contributed by atoms with Crippen molar-refractivity contribution in [1.29, 1.82) is 0 Å². The first-order chi connectivity index (χ1) is 15.8. The normalized spacial score (nSPS) is 19.2. The standard InChI is InChI=1S/C25H23N3O5/c1-15-11-19(16(2)28(15)18-9-10-21-22(12-18)33-14-32-21)20(29)13-27-23(30)25(3,26-24(27)31)17-7-5-4-6-8-17/h4-12H,13-14H2,1-3H3,(H,26,31). The summed E-state index contributed by atoms with van der Waals surface area (Å²) in [6.45, 7) is 5.23. The van der Waals surface area contributed by atoms with Gasteiger partial charge in [0.25, 0.3) is 5.91 Å². The fraction of sp³-hybridized carbons (Fsp3) is 0.240. The van der Waals surface area contributed by atoms with Crippen LogP contribution in [0.2, 0.25) is 0 Å². The van der Waals surface area contributed by atoms with Gasteiger partial charge in [-0.25, -0.2) is 4.79 Å². The van der Waals surface area contributed by atoms with E-state index in [-0.39, 0.29) is 19.1 Å². The smallest absolute Gasteiger partial charge is 0.325 e. The molecular formula is C25H23N3O5. The first kappa shape index (κ1) is 20.8. The molecule has 3 heterocycles. The number of aryl methyl sites for hydroxylation is 1. The number of benzene rings is 2. The fourth-order valence-electron chi connectivity index (χ4n) is 4.50. The SMILES string of the molecule is Cc1cc(C(=O)CN2C(=O)NC(C)(c3ccccc3)C2=O)c(C)n1-c1ccc2c(c1)OCO2. The lowest BCUT2D eigenvalue weighted by Crippen LogP contribution is -2.41. The summed E-state index contributed by atoms with van der Waals surface area (Å²) in [5.74, 6) is 0.567. The maximum atomic E-state index is 13.2. The maximum absolute atomic E-state index is 13.2. The minimum atomic E-state index is -1.21. The molecule has 0 radical (unpaired) electrons. The predicted molar refractivity (Wildman–Crippen MR) is 120 cm³/mol. The van der Waals surface area contributed by atoms with Gasteiger partial charge in [-0.05, 0) is 44.5 Å². The number of nitrogens with one attached hydrogen (secondary N) is 1. The number of ether oxygens (including phenoxy) is 2. The zero-order valence-corrected chi connectivity index (χ0v) is 18.5. The number of hydrogen-bond acceptors (Lipinski definition) is 5. The van der Waals surface area contributed by atoms with E-state index in [4.69, 9.17) is 9.47 Å². The van der Waals surface area contributed by atoms with E-state index in [0.717, 1.165) is 16.3 Å². The van der Waals surface area contributed by atoms with Gasteiger partial charge in [-0.3, -0.25) is 14.5 Å². The first-order valence-electron chi connectivity index (χ1n) is 10.6. The van der Waals surface area contributed by atoms with Crippen LogP contribution in [-0.2, 0) is 10.3 Å². The Kier molecular flexibility index (Phi) is 4.74. The van der Waals surface area contributed by atoms with Crippen LogP contribution in [0.3, 0.4) is 0 Å². The first-order valence-corrected chi connectivity index (χ1v) is 10.6. The van der Waals surface area contributed by atoms with E-state index in [0.29, 0.717) is 28.3 Å². The number of carbonyl (C=O) groups excluding carboxylic acids is 3. The number of ketones is 1. The van der Waals surface area contributed by atoms with Crippen molar-refractivity contribution in [2.24, 2.45) is 0 Å². The average molecular weight is 445 g/mol. The zero-order valence-electron chi connectivity index (χ0n) is 18.5. The number of hydrogen-bond donors (Lipinski definition) is 1. The minimum Gasteiger partial charge on any atom is -0.454 e. The van der Waals surface area contributed by atoms with Crippen molar-refractivity contribution in [3.8, 4) is 17.2 Å². The molecular weight excluding hydrogens is 422 g/mol. The van der Waals surface area contributed by atoms with Crippen molar-refractivity contribution in [2.75, 3.05) is 13.3 Å². The van der Waals surface area contributed by atoms with Gasteiger partial charge in [0, 0.05) is 28.7 Å². The second kappa shape index (κ2) is 7.51. The molecule has 0 bridgehead atoms. The number of urea groups is 1. The number of aromatic nitrogens is 1. The molecule has 0 saturated carbocycles. The molecule has 168 valence electrons. The molecule has 1 atom stereocenters. The van der Waals surface area contributed by atoms with Crippen molar-refractivity contribution >= 4 is 17.7 Å². The third kappa shape index (κ3) is 3.26. The second-order valence-corrected chi connectivity index (χ2v) is 8.39. The largest absolute Gasteiger partial charge is 0.454 e. The number of imide groups is 1. The van der Waals surface area contributed by atoms with Crippen LogP contribution in [0.5, 0.6) is 11.5 Å². The molecule has 5 rings (SSSR count). The Morgan fingerprint density at radius 3 is 2.52 bits per heavy atom. The lowest BCUT2D eigenvalue weighted by Gasteiger charge is -2.22. The fourth-order valence-corrected chi connectivity index (χ4v) is 4.50. The topological polar surface area (TPSA) is 89.9 Å². The van der Waals surface area contributed by atoms with Gasteiger partial charge >= 0.3 is 6.03 Å². The molecule has 2 aliphatic heterocycles. The Bertz CT molecular complexity index is 1300. The van der Waals surface area contributed by atoms with Gasteiger partial charge in [0.05, 0.1) is 6.54 Å². The summed E-state index contributed by atoms with van der Waals surface area (Å²) in [7, 11) is 0. The van der Waals surface area contributed by atoms with Gasteiger partial charge in [0.15, 0.2) is 17.3 Å². The van der Waals surface area contributed by atoms with E-state index < -0.39 is 17.5 Å². The summed E-state index contributed by atoms with van der Waals surface area (Å²) in [6, 6.07) is 15.8. The summed E-state index contributed by atoms with van der Waals surface area (Å²) >= 11 is 0. The second-order valence-electron chi connectivity index (χ2n) is 8.39. The molecule has 8 nitrogen and oxygen atoms in total. The maximum Gasteiger partial charge on any atom is 0.325 e. The summed E-state index contributed by atoms with van der Waals surface area (Å²) < 4.78 is 12.8. The number of carbonyl (C=O) groups is 3. The van der Waals surface area contributed by atoms with Crippen LogP contribution in [-0.4, -0.2) is 40.5 Å². The Morgan fingerprint density at radius 1 is 1.03 bits per heavy atom. The van der Waals surface area contributed by atoms with E-state index in [9.17, 15) is 14.4 Å². The Morgan fingerprint density at radius 2 is 1.76 bits per heavy atom. The molecule has 2 aromatic carbocycles. The predicted octanol–water partition coefficient (Wildman–Crippen LogP) is 3.47. The lowest BCUT2D eigenvalue weighted by atomic mass is 9.92. The minimum absolute atomic E-state index is 0.181. The van der Waals surface area contributed by atoms with Gasteiger partial charge in [-0.15, -0.1) is 0 Å². The monoisotopic (exact) mass is 445 g/mol. The lowest BCUT2D eigenvalue weighted by molar-refractivity contribution is -0.130.